The topological polar surface area (TPSA) is 91.8 Å². The molecule has 8 nitrogen and oxygen atoms in total. The van der Waals surface area contributed by atoms with E-state index in [4.69, 9.17) is 4.74 Å². The van der Waals surface area contributed by atoms with Crippen LogP contribution in [0.2, 0.25) is 0 Å². The number of rotatable bonds is 1. The van der Waals surface area contributed by atoms with Crippen LogP contribution >= 0.6 is 0 Å². The van der Waals surface area contributed by atoms with Crippen molar-refractivity contribution in [2.45, 2.75) is 45.6 Å². The van der Waals surface area contributed by atoms with Crippen LogP contribution in [0.25, 0.3) is 10.8 Å². The second-order valence-electron chi connectivity index (χ2n) is 9.33. The zero-order valence-electron chi connectivity index (χ0n) is 19.2. The van der Waals surface area contributed by atoms with Gasteiger partial charge in [-0.15, -0.1) is 0 Å². The highest BCUT2D eigenvalue weighted by Crippen LogP contribution is 2.29. The summed E-state index contributed by atoms with van der Waals surface area (Å²) in [7, 11) is 0. The van der Waals surface area contributed by atoms with Crippen LogP contribution in [0.5, 0.6) is 0 Å². The highest BCUT2D eigenvalue weighted by atomic mass is 16.6. The Hall–Kier alpha value is -3.60. The standard InChI is InChI=1S/C25H28N4O4/c1-25(2,3)33-24(32)28-12-9-17(10-13-28)7-8-18-5-4-6-19-20(18)15-26-16-21(19)29-14-11-22(30)27-23(29)31/h4-6,15-17H,9-14H2,1-3H3,(H,27,30,31). The number of anilines is 1. The summed E-state index contributed by atoms with van der Waals surface area (Å²) in [4.78, 5) is 43.7. The zero-order chi connectivity index (χ0) is 23.6. The number of nitrogens with one attached hydrogen (secondary N) is 1. The summed E-state index contributed by atoms with van der Waals surface area (Å²) in [5.41, 5.74) is 0.996. The Balaban J connectivity index is 1.49. The van der Waals surface area contributed by atoms with E-state index >= 15 is 0 Å². The lowest BCUT2D eigenvalue weighted by Crippen LogP contribution is -2.49. The van der Waals surface area contributed by atoms with Gasteiger partial charge in [-0.1, -0.05) is 24.0 Å². The predicted octanol–water partition coefficient (Wildman–Crippen LogP) is 3.68. The summed E-state index contributed by atoms with van der Waals surface area (Å²) in [6.07, 6.45) is 4.96. The molecule has 2 aromatic rings. The van der Waals surface area contributed by atoms with Crippen molar-refractivity contribution in [1.29, 1.82) is 0 Å². The van der Waals surface area contributed by atoms with Crippen LogP contribution in [-0.4, -0.2) is 53.2 Å². The summed E-state index contributed by atoms with van der Waals surface area (Å²) in [6.45, 7) is 7.16. The Bertz CT molecular complexity index is 1150. The Morgan fingerprint density at radius 1 is 1.12 bits per heavy atom. The fraction of sp³-hybridized carbons (Fsp3) is 0.440. The average Bonchev–Trinajstić information content (AvgIpc) is 2.76. The molecule has 0 atom stereocenters. The predicted molar refractivity (Wildman–Crippen MR) is 125 cm³/mol. The van der Waals surface area contributed by atoms with E-state index in [1.54, 1.807) is 22.2 Å². The first-order valence-electron chi connectivity index (χ1n) is 11.2. The molecule has 33 heavy (non-hydrogen) atoms. The van der Waals surface area contributed by atoms with E-state index in [9.17, 15) is 14.4 Å². The number of carbonyl (C=O) groups is 3. The molecule has 2 aliphatic rings. The largest absolute Gasteiger partial charge is 0.444 e. The van der Waals surface area contributed by atoms with Gasteiger partial charge in [-0.3, -0.25) is 20.0 Å². The molecule has 0 saturated carbocycles. The second kappa shape index (κ2) is 9.10. The van der Waals surface area contributed by atoms with Crippen LogP contribution in [0.3, 0.4) is 0 Å². The number of nitrogens with zero attached hydrogens (tertiary/aromatic N) is 3. The fourth-order valence-corrected chi connectivity index (χ4v) is 4.01. The number of likely N-dealkylation sites (tertiary alicyclic amines) is 1. The maximum Gasteiger partial charge on any atom is 0.410 e. The summed E-state index contributed by atoms with van der Waals surface area (Å²) >= 11 is 0. The third-order valence-electron chi connectivity index (χ3n) is 5.68. The molecule has 4 amide bonds. The third kappa shape index (κ3) is 5.25. The highest BCUT2D eigenvalue weighted by molar-refractivity contribution is 6.10. The Labute approximate surface area is 193 Å². The van der Waals surface area contributed by atoms with Gasteiger partial charge in [0.25, 0.3) is 0 Å². The molecule has 0 bridgehead atoms. The van der Waals surface area contributed by atoms with Crippen molar-refractivity contribution >= 4 is 34.5 Å². The number of hydrogen-bond acceptors (Lipinski definition) is 5. The lowest BCUT2D eigenvalue weighted by Gasteiger charge is -2.31. The number of ether oxygens (including phenoxy) is 1. The average molecular weight is 449 g/mol. The van der Waals surface area contributed by atoms with Gasteiger partial charge in [-0.25, -0.2) is 9.59 Å². The minimum atomic E-state index is -0.501. The van der Waals surface area contributed by atoms with Crippen molar-refractivity contribution in [3.63, 3.8) is 0 Å². The van der Waals surface area contributed by atoms with Crippen LogP contribution in [-0.2, 0) is 9.53 Å². The number of imide groups is 1. The molecule has 1 aromatic heterocycles. The van der Waals surface area contributed by atoms with Gasteiger partial charge < -0.3 is 9.64 Å². The van der Waals surface area contributed by atoms with Crippen LogP contribution in [0.15, 0.2) is 30.6 Å². The number of fused-ring (bicyclic) bond motifs is 1. The number of hydrogen-bond donors (Lipinski definition) is 1. The van der Waals surface area contributed by atoms with Crippen LogP contribution < -0.4 is 10.2 Å². The van der Waals surface area contributed by atoms with Gasteiger partial charge in [-0.2, -0.15) is 0 Å². The highest BCUT2D eigenvalue weighted by Gasteiger charge is 2.27. The first-order chi connectivity index (χ1) is 15.7. The maximum absolute atomic E-state index is 12.3. The van der Waals surface area contributed by atoms with E-state index in [2.05, 4.69) is 22.1 Å². The quantitative estimate of drug-likeness (QED) is 0.672. The van der Waals surface area contributed by atoms with Gasteiger partial charge in [0, 0.05) is 54.5 Å². The molecule has 3 heterocycles. The minimum Gasteiger partial charge on any atom is -0.444 e. The number of benzene rings is 1. The monoisotopic (exact) mass is 448 g/mol. The molecule has 1 N–H and O–H groups in total. The molecule has 0 aliphatic carbocycles. The molecule has 172 valence electrons. The molecule has 2 saturated heterocycles. The molecular weight excluding hydrogens is 420 g/mol. The van der Waals surface area contributed by atoms with E-state index in [0.29, 0.717) is 25.3 Å². The van der Waals surface area contributed by atoms with Crippen molar-refractivity contribution in [3.05, 3.63) is 36.2 Å². The van der Waals surface area contributed by atoms with Gasteiger partial charge >= 0.3 is 12.1 Å². The van der Waals surface area contributed by atoms with E-state index < -0.39 is 11.6 Å². The summed E-state index contributed by atoms with van der Waals surface area (Å²) < 4.78 is 5.46. The lowest BCUT2D eigenvalue weighted by atomic mass is 9.96. The molecule has 1 aromatic carbocycles. The molecule has 0 unspecified atom stereocenters. The van der Waals surface area contributed by atoms with E-state index in [1.807, 2.05) is 39.0 Å². The van der Waals surface area contributed by atoms with Crippen LogP contribution in [0, 0.1) is 17.8 Å². The number of carbonyl (C=O) groups excluding carboxylic acids is 3. The molecule has 8 heteroatoms. The van der Waals surface area contributed by atoms with Crippen molar-refractivity contribution in [2.75, 3.05) is 24.5 Å². The van der Waals surface area contributed by atoms with E-state index in [-0.39, 0.29) is 24.3 Å². The maximum atomic E-state index is 12.3. The van der Waals surface area contributed by atoms with E-state index in [0.717, 1.165) is 29.2 Å². The molecule has 2 aliphatic heterocycles. The summed E-state index contributed by atoms with van der Waals surface area (Å²) in [5.74, 6) is 6.57. The van der Waals surface area contributed by atoms with Crippen molar-refractivity contribution in [3.8, 4) is 11.8 Å². The first kappa shape index (κ1) is 22.6. The number of amides is 4. The smallest absolute Gasteiger partial charge is 0.410 e. The molecule has 2 fully saturated rings. The normalized spacial score (nSPS) is 17.4. The molecule has 0 spiro atoms. The molecule has 0 radical (unpaired) electrons. The third-order valence-corrected chi connectivity index (χ3v) is 5.68. The number of aromatic nitrogens is 1. The Morgan fingerprint density at radius 2 is 1.88 bits per heavy atom. The number of piperidine rings is 1. The van der Waals surface area contributed by atoms with Crippen molar-refractivity contribution < 1.29 is 19.1 Å². The van der Waals surface area contributed by atoms with Gasteiger partial charge in [0.1, 0.15) is 5.60 Å². The molecular formula is C25H28N4O4. The lowest BCUT2D eigenvalue weighted by molar-refractivity contribution is -0.120. The molecule has 4 rings (SSSR count). The SMILES string of the molecule is CC(C)(C)OC(=O)N1CCC(C#Cc2cccc3c(N4CCC(=O)NC4=O)cncc23)CC1. The Kier molecular flexibility index (Phi) is 6.23. The number of pyridine rings is 1. The van der Waals surface area contributed by atoms with Crippen molar-refractivity contribution in [1.82, 2.24) is 15.2 Å². The fourth-order valence-electron chi connectivity index (χ4n) is 4.01. The van der Waals surface area contributed by atoms with Crippen LogP contribution in [0.4, 0.5) is 15.3 Å². The van der Waals surface area contributed by atoms with Gasteiger partial charge in [0.15, 0.2) is 0 Å². The van der Waals surface area contributed by atoms with Gasteiger partial charge in [0.05, 0.1) is 11.9 Å². The van der Waals surface area contributed by atoms with Crippen molar-refractivity contribution in [2.24, 2.45) is 5.92 Å². The number of urea groups is 1. The summed E-state index contributed by atoms with van der Waals surface area (Å²) in [5, 5.41) is 4.08. The minimum absolute atomic E-state index is 0.189. The van der Waals surface area contributed by atoms with E-state index in [1.165, 1.54) is 0 Å². The van der Waals surface area contributed by atoms with Gasteiger partial charge in [-0.05, 0) is 39.7 Å². The Morgan fingerprint density at radius 3 is 2.58 bits per heavy atom. The second-order valence-corrected chi connectivity index (χ2v) is 9.33. The van der Waals surface area contributed by atoms with Gasteiger partial charge in [0.2, 0.25) is 5.91 Å². The zero-order valence-corrected chi connectivity index (χ0v) is 19.2. The first-order valence-corrected chi connectivity index (χ1v) is 11.2. The summed E-state index contributed by atoms with van der Waals surface area (Å²) in [6, 6.07) is 5.35. The van der Waals surface area contributed by atoms with Crippen LogP contribution in [0.1, 0.15) is 45.6 Å².